The lowest BCUT2D eigenvalue weighted by atomic mass is 10.0. The number of carbonyl (C=O) groups excluding carboxylic acids is 2. The molecule has 0 radical (unpaired) electrons. The van der Waals surface area contributed by atoms with Gasteiger partial charge < -0.3 is 19.9 Å². The van der Waals surface area contributed by atoms with Crippen LogP contribution in [0.5, 0.6) is 5.75 Å². The number of methoxy groups -OCH3 is 1. The van der Waals surface area contributed by atoms with E-state index in [-0.39, 0.29) is 34.8 Å². The van der Waals surface area contributed by atoms with Crippen molar-refractivity contribution in [2.24, 2.45) is 0 Å². The summed E-state index contributed by atoms with van der Waals surface area (Å²) in [6.45, 7) is 4.19. The number of rotatable bonds is 7. The summed E-state index contributed by atoms with van der Waals surface area (Å²) in [5.74, 6) is 0.646. The third-order valence-electron chi connectivity index (χ3n) is 6.86. The first-order valence-electron chi connectivity index (χ1n) is 11.4. The lowest BCUT2D eigenvalue weighted by molar-refractivity contribution is -0.133. The van der Waals surface area contributed by atoms with E-state index in [1.54, 1.807) is 12.1 Å². The van der Waals surface area contributed by atoms with Crippen LogP contribution in [0.3, 0.4) is 0 Å². The number of carbonyl (C=O) groups is 2. The number of amides is 2. The number of fused-ring (bicyclic) bond motifs is 1. The lowest BCUT2D eigenvalue weighted by Gasteiger charge is -2.38. The van der Waals surface area contributed by atoms with Crippen molar-refractivity contribution in [3.8, 4) is 5.75 Å². The second kappa shape index (κ2) is 9.96. The quantitative estimate of drug-likeness (QED) is 0.541. The molecule has 0 unspecified atom stereocenters. The summed E-state index contributed by atoms with van der Waals surface area (Å²) in [6.07, 6.45) is 1.47. The van der Waals surface area contributed by atoms with Gasteiger partial charge in [0, 0.05) is 57.8 Å². The number of hydrogen-bond donors (Lipinski definition) is 2. The lowest BCUT2D eigenvalue weighted by Crippen LogP contribution is -2.58. The van der Waals surface area contributed by atoms with E-state index in [1.807, 2.05) is 4.90 Å². The fourth-order valence-corrected chi connectivity index (χ4v) is 6.12. The van der Waals surface area contributed by atoms with Crippen LogP contribution in [-0.4, -0.2) is 106 Å². The van der Waals surface area contributed by atoms with Gasteiger partial charge in [0.25, 0.3) is 0 Å². The van der Waals surface area contributed by atoms with Gasteiger partial charge in [-0.1, -0.05) is 0 Å². The minimum Gasteiger partial charge on any atom is -0.497 e. The summed E-state index contributed by atoms with van der Waals surface area (Å²) in [7, 11) is -0.141. The first kappa shape index (κ1) is 23.9. The summed E-state index contributed by atoms with van der Waals surface area (Å²) in [5, 5.41) is 2.94. The summed E-state index contributed by atoms with van der Waals surface area (Å²) >= 11 is 0. The molecule has 3 saturated heterocycles. The zero-order chi connectivity index (χ0) is 23.6. The van der Waals surface area contributed by atoms with Crippen molar-refractivity contribution in [2.45, 2.75) is 42.3 Å². The van der Waals surface area contributed by atoms with Crippen LogP contribution in [0.2, 0.25) is 0 Å². The van der Waals surface area contributed by atoms with E-state index in [0.717, 1.165) is 26.2 Å². The van der Waals surface area contributed by atoms with Gasteiger partial charge in [0.15, 0.2) is 0 Å². The molecule has 4 rings (SSSR count). The molecule has 0 spiro atoms. The van der Waals surface area contributed by atoms with Gasteiger partial charge in [-0.3, -0.25) is 14.5 Å². The van der Waals surface area contributed by atoms with Crippen molar-refractivity contribution in [1.29, 1.82) is 0 Å². The number of nitrogens with zero attached hydrogens (tertiary/aromatic N) is 3. The van der Waals surface area contributed by atoms with Gasteiger partial charge in [0.1, 0.15) is 5.75 Å². The summed E-state index contributed by atoms with van der Waals surface area (Å²) in [6, 6.07) is 5.47. The zero-order valence-electron chi connectivity index (χ0n) is 19.2. The van der Waals surface area contributed by atoms with Crippen LogP contribution in [0.1, 0.15) is 19.3 Å². The molecule has 0 saturated carbocycles. The van der Waals surface area contributed by atoms with E-state index < -0.39 is 10.0 Å². The number of ether oxygens (including phenoxy) is 1. The molecular weight excluding hydrogens is 446 g/mol. The van der Waals surface area contributed by atoms with Crippen LogP contribution in [0.25, 0.3) is 0 Å². The van der Waals surface area contributed by atoms with Crippen LogP contribution in [-0.2, 0) is 19.6 Å². The topological polar surface area (TPSA) is 111 Å². The summed E-state index contributed by atoms with van der Waals surface area (Å²) in [5.41, 5.74) is 0. The molecule has 1 aromatic carbocycles. The Balaban J connectivity index is 1.35. The smallest absolute Gasteiger partial charge is 0.240 e. The monoisotopic (exact) mass is 479 g/mol. The fourth-order valence-electron chi connectivity index (χ4n) is 4.88. The number of sulfonamides is 1. The van der Waals surface area contributed by atoms with E-state index in [1.165, 1.54) is 19.2 Å². The van der Waals surface area contributed by atoms with E-state index in [2.05, 4.69) is 26.9 Å². The molecule has 3 aliphatic rings. The highest BCUT2D eigenvalue weighted by Gasteiger charge is 2.44. The minimum absolute atomic E-state index is 0.0135. The van der Waals surface area contributed by atoms with Gasteiger partial charge in [-0.05, 0) is 44.2 Å². The maximum atomic E-state index is 12.8. The largest absolute Gasteiger partial charge is 0.497 e. The van der Waals surface area contributed by atoms with Gasteiger partial charge in [-0.15, -0.1) is 0 Å². The van der Waals surface area contributed by atoms with Crippen molar-refractivity contribution in [3.63, 3.8) is 0 Å². The number of likely N-dealkylation sites (N-methyl/N-ethyl adjacent to an activating group) is 1. The summed E-state index contributed by atoms with van der Waals surface area (Å²) in [4.78, 5) is 31.5. The van der Waals surface area contributed by atoms with E-state index in [4.69, 9.17) is 4.74 Å². The van der Waals surface area contributed by atoms with Crippen LogP contribution in [0, 0.1) is 0 Å². The molecule has 3 atom stereocenters. The molecule has 2 amide bonds. The number of hydrogen-bond acceptors (Lipinski definition) is 7. The normalized spacial score (nSPS) is 26.7. The molecule has 33 heavy (non-hydrogen) atoms. The molecule has 3 aliphatic heterocycles. The van der Waals surface area contributed by atoms with Crippen molar-refractivity contribution >= 4 is 21.8 Å². The Kier molecular flexibility index (Phi) is 7.22. The van der Waals surface area contributed by atoms with Crippen LogP contribution in [0.4, 0.5) is 0 Å². The van der Waals surface area contributed by atoms with Gasteiger partial charge in [0.05, 0.1) is 18.0 Å². The fraction of sp³-hybridized carbons (Fsp3) is 0.636. The highest BCUT2D eigenvalue weighted by Crippen LogP contribution is 2.27. The first-order valence-corrected chi connectivity index (χ1v) is 12.9. The standard InChI is InChI=1S/C22H33N5O5S/c1-25-9-11-26(12-10-25)21(28)8-3-17-14-23-22(29)20-13-16(15-27(17)20)24-33(30,31)19-6-4-18(32-2)5-7-19/h4-7,16-17,20,24H,3,8-15H2,1-2H3,(H,23,29)/t16-,17-,20+/m0/s1. The maximum absolute atomic E-state index is 12.8. The van der Waals surface area contributed by atoms with Gasteiger partial charge >= 0.3 is 0 Å². The van der Waals surface area contributed by atoms with Crippen molar-refractivity contribution in [1.82, 2.24) is 24.7 Å². The predicted octanol–water partition coefficient (Wildman–Crippen LogP) is -0.531. The Morgan fingerprint density at radius 2 is 1.88 bits per heavy atom. The van der Waals surface area contributed by atoms with Crippen LogP contribution < -0.4 is 14.8 Å². The van der Waals surface area contributed by atoms with Crippen LogP contribution in [0.15, 0.2) is 29.2 Å². The molecule has 3 fully saturated rings. The highest BCUT2D eigenvalue weighted by atomic mass is 32.2. The second-order valence-electron chi connectivity index (χ2n) is 9.06. The third kappa shape index (κ3) is 5.48. The van der Waals surface area contributed by atoms with Crippen LogP contribution >= 0.6 is 0 Å². The van der Waals surface area contributed by atoms with E-state index in [9.17, 15) is 18.0 Å². The predicted molar refractivity (Wildman–Crippen MR) is 122 cm³/mol. The van der Waals surface area contributed by atoms with Gasteiger partial charge in [-0.25, -0.2) is 13.1 Å². The van der Waals surface area contributed by atoms with Crippen molar-refractivity contribution < 1.29 is 22.7 Å². The first-order chi connectivity index (χ1) is 15.8. The molecule has 0 aromatic heterocycles. The molecular formula is C22H33N5O5S. The molecule has 3 heterocycles. The molecule has 1 aromatic rings. The second-order valence-corrected chi connectivity index (χ2v) is 10.8. The number of nitrogens with one attached hydrogen (secondary N) is 2. The van der Waals surface area contributed by atoms with Gasteiger partial charge in [-0.2, -0.15) is 0 Å². The molecule has 0 aliphatic carbocycles. The third-order valence-corrected chi connectivity index (χ3v) is 8.40. The minimum atomic E-state index is -3.72. The van der Waals surface area contributed by atoms with Crippen molar-refractivity contribution in [2.75, 3.05) is 53.4 Å². The average Bonchev–Trinajstić information content (AvgIpc) is 3.23. The maximum Gasteiger partial charge on any atom is 0.240 e. The molecule has 0 bridgehead atoms. The van der Waals surface area contributed by atoms with E-state index >= 15 is 0 Å². The highest BCUT2D eigenvalue weighted by molar-refractivity contribution is 7.89. The molecule has 11 heteroatoms. The SMILES string of the molecule is COc1ccc(S(=O)(=O)N[C@H]2C[C@@H]3C(=O)NC[C@H](CCC(=O)N4CCN(C)CC4)N3C2)cc1. The van der Waals surface area contributed by atoms with Gasteiger partial charge in [0.2, 0.25) is 21.8 Å². The molecule has 182 valence electrons. The Labute approximate surface area is 195 Å². The molecule has 10 nitrogen and oxygen atoms in total. The summed E-state index contributed by atoms with van der Waals surface area (Å²) < 4.78 is 33.5. The van der Waals surface area contributed by atoms with Crippen molar-refractivity contribution in [3.05, 3.63) is 24.3 Å². The number of piperazine rings is 2. The number of benzene rings is 1. The van der Waals surface area contributed by atoms with E-state index in [0.29, 0.717) is 38.1 Å². The Morgan fingerprint density at radius 3 is 2.55 bits per heavy atom. The molecule has 2 N–H and O–H groups in total. The average molecular weight is 480 g/mol. The Hall–Kier alpha value is -2.21. The Morgan fingerprint density at radius 1 is 1.18 bits per heavy atom. The Bertz CT molecular complexity index is 962. The zero-order valence-corrected chi connectivity index (χ0v) is 20.0.